The third-order valence-corrected chi connectivity index (χ3v) is 4.44. The van der Waals surface area contributed by atoms with Crippen LogP contribution in [-0.4, -0.2) is 26.9 Å². The molecule has 0 unspecified atom stereocenters. The van der Waals surface area contributed by atoms with E-state index in [1.165, 1.54) is 0 Å². The molecule has 27 heavy (non-hydrogen) atoms. The Kier molecular flexibility index (Phi) is 11.2. The predicted octanol–water partition coefficient (Wildman–Crippen LogP) is 5.78. The van der Waals surface area contributed by atoms with Crippen LogP contribution in [0, 0.1) is 0 Å². The van der Waals surface area contributed by atoms with Crippen LogP contribution in [0.2, 0.25) is 15.1 Å². The standard InChI is InChI=1S/C19H22Cl3NO3.ClH/c1-3-25-18-9-13(11-23-6-7-24-2)8-17(22)19(18)26-12-14-4-5-15(20)10-16(14)21;/h4-5,8-10,23H,3,6-7,11-12H2,1-2H3;1H. The monoisotopic (exact) mass is 453 g/mol. The summed E-state index contributed by atoms with van der Waals surface area (Å²) in [5.74, 6) is 1.11. The Morgan fingerprint density at radius 1 is 1.00 bits per heavy atom. The van der Waals surface area contributed by atoms with E-state index in [-0.39, 0.29) is 19.0 Å². The first kappa shape index (κ1) is 24.2. The van der Waals surface area contributed by atoms with Gasteiger partial charge in [0.05, 0.1) is 18.2 Å². The number of nitrogens with one attached hydrogen (secondary N) is 1. The van der Waals surface area contributed by atoms with Crippen LogP contribution in [-0.2, 0) is 17.9 Å². The number of benzene rings is 2. The largest absolute Gasteiger partial charge is 0.490 e. The summed E-state index contributed by atoms with van der Waals surface area (Å²) >= 11 is 18.6. The summed E-state index contributed by atoms with van der Waals surface area (Å²) in [5, 5.41) is 4.90. The summed E-state index contributed by atoms with van der Waals surface area (Å²) in [6.45, 7) is 4.75. The van der Waals surface area contributed by atoms with Crippen LogP contribution in [0.3, 0.4) is 0 Å². The van der Waals surface area contributed by atoms with Crippen molar-refractivity contribution in [3.8, 4) is 11.5 Å². The quantitative estimate of drug-likeness (QED) is 0.461. The number of hydrogen-bond donors (Lipinski definition) is 1. The van der Waals surface area contributed by atoms with Crippen LogP contribution in [0.15, 0.2) is 30.3 Å². The molecular weight excluding hydrogens is 432 g/mol. The molecule has 0 radical (unpaired) electrons. The summed E-state index contributed by atoms with van der Waals surface area (Å²) in [5.41, 5.74) is 1.83. The van der Waals surface area contributed by atoms with Gasteiger partial charge in [0.1, 0.15) is 6.61 Å². The molecule has 8 heteroatoms. The fourth-order valence-corrected chi connectivity index (χ4v) is 3.07. The molecule has 0 atom stereocenters. The maximum atomic E-state index is 6.43. The van der Waals surface area contributed by atoms with E-state index >= 15 is 0 Å². The van der Waals surface area contributed by atoms with E-state index in [1.807, 2.05) is 25.1 Å². The first-order valence-electron chi connectivity index (χ1n) is 8.26. The summed E-state index contributed by atoms with van der Waals surface area (Å²) in [6.07, 6.45) is 0. The fourth-order valence-electron chi connectivity index (χ4n) is 2.32. The average Bonchev–Trinajstić information content (AvgIpc) is 2.60. The van der Waals surface area contributed by atoms with Gasteiger partial charge in [0.15, 0.2) is 11.5 Å². The van der Waals surface area contributed by atoms with Crippen LogP contribution >= 0.6 is 47.2 Å². The van der Waals surface area contributed by atoms with Crippen LogP contribution in [0.5, 0.6) is 11.5 Å². The van der Waals surface area contributed by atoms with Crippen molar-refractivity contribution >= 4 is 47.2 Å². The lowest BCUT2D eigenvalue weighted by Crippen LogP contribution is -2.18. The van der Waals surface area contributed by atoms with E-state index in [0.29, 0.717) is 46.3 Å². The first-order valence-corrected chi connectivity index (χ1v) is 9.40. The normalized spacial score (nSPS) is 10.4. The van der Waals surface area contributed by atoms with Gasteiger partial charge in [-0.2, -0.15) is 0 Å². The van der Waals surface area contributed by atoms with E-state index in [0.717, 1.165) is 17.7 Å². The van der Waals surface area contributed by atoms with E-state index in [4.69, 9.17) is 49.0 Å². The zero-order chi connectivity index (χ0) is 18.9. The minimum atomic E-state index is 0. The zero-order valence-corrected chi connectivity index (χ0v) is 18.3. The van der Waals surface area contributed by atoms with Crippen molar-refractivity contribution in [3.63, 3.8) is 0 Å². The molecule has 150 valence electrons. The molecule has 0 heterocycles. The van der Waals surface area contributed by atoms with Gasteiger partial charge in [-0.1, -0.05) is 40.9 Å². The maximum absolute atomic E-state index is 6.43. The molecule has 0 amide bonds. The van der Waals surface area contributed by atoms with Gasteiger partial charge < -0.3 is 19.5 Å². The maximum Gasteiger partial charge on any atom is 0.180 e. The van der Waals surface area contributed by atoms with Crippen molar-refractivity contribution in [3.05, 3.63) is 56.5 Å². The molecule has 0 aliphatic carbocycles. The lowest BCUT2D eigenvalue weighted by Gasteiger charge is -2.16. The average molecular weight is 455 g/mol. The van der Waals surface area contributed by atoms with Gasteiger partial charge in [-0.15, -0.1) is 12.4 Å². The van der Waals surface area contributed by atoms with Crippen LogP contribution in [0.25, 0.3) is 0 Å². The lowest BCUT2D eigenvalue weighted by atomic mass is 10.2. The van der Waals surface area contributed by atoms with Gasteiger partial charge in [-0.3, -0.25) is 0 Å². The molecule has 0 fully saturated rings. The zero-order valence-electron chi connectivity index (χ0n) is 15.2. The second-order valence-corrected chi connectivity index (χ2v) is 6.78. The third kappa shape index (κ3) is 7.57. The first-order chi connectivity index (χ1) is 12.5. The van der Waals surface area contributed by atoms with Crippen LogP contribution in [0.4, 0.5) is 0 Å². The number of hydrogen-bond acceptors (Lipinski definition) is 4. The van der Waals surface area contributed by atoms with Crippen molar-refractivity contribution < 1.29 is 14.2 Å². The van der Waals surface area contributed by atoms with Crippen molar-refractivity contribution in [1.82, 2.24) is 5.32 Å². The summed E-state index contributed by atoms with van der Waals surface area (Å²) in [6, 6.07) is 9.07. The van der Waals surface area contributed by atoms with Gasteiger partial charge in [0, 0.05) is 35.8 Å². The highest BCUT2D eigenvalue weighted by atomic mass is 35.5. The van der Waals surface area contributed by atoms with Gasteiger partial charge in [-0.25, -0.2) is 0 Å². The van der Waals surface area contributed by atoms with Crippen molar-refractivity contribution in [2.24, 2.45) is 0 Å². The van der Waals surface area contributed by atoms with E-state index < -0.39 is 0 Å². The molecule has 0 saturated carbocycles. The SMILES string of the molecule is CCOc1cc(CNCCOC)cc(Cl)c1OCc1ccc(Cl)cc1Cl.Cl. The molecule has 1 N–H and O–H groups in total. The third-order valence-electron chi connectivity index (χ3n) is 3.57. The molecule has 0 aliphatic heterocycles. The Morgan fingerprint density at radius 3 is 2.44 bits per heavy atom. The molecule has 2 rings (SSSR count). The van der Waals surface area contributed by atoms with E-state index in [9.17, 15) is 0 Å². The Balaban J connectivity index is 0.00000364. The Bertz CT molecular complexity index is 728. The fraction of sp³-hybridized carbons (Fsp3) is 0.368. The molecule has 0 aromatic heterocycles. The molecule has 2 aromatic rings. The molecule has 2 aromatic carbocycles. The summed E-state index contributed by atoms with van der Waals surface area (Å²) in [7, 11) is 1.67. The van der Waals surface area contributed by atoms with Gasteiger partial charge in [0.2, 0.25) is 0 Å². The highest BCUT2D eigenvalue weighted by molar-refractivity contribution is 6.35. The minimum Gasteiger partial charge on any atom is -0.490 e. The number of methoxy groups -OCH3 is 1. The van der Waals surface area contributed by atoms with Gasteiger partial charge in [-0.05, 0) is 36.8 Å². The number of rotatable bonds is 10. The second-order valence-electron chi connectivity index (χ2n) is 5.53. The van der Waals surface area contributed by atoms with Crippen LogP contribution in [0.1, 0.15) is 18.1 Å². The molecule has 4 nitrogen and oxygen atoms in total. The molecule has 0 aliphatic rings. The summed E-state index contributed by atoms with van der Waals surface area (Å²) in [4.78, 5) is 0. The number of ether oxygens (including phenoxy) is 3. The topological polar surface area (TPSA) is 39.7 Å². The lowest BCUT2D eigenvalue weighted by molar-refractivity contribution is 0.199. The highest BCUT2D eigenvalue weighted by Crippen LogP contribution is 2.37. The molecule has 0 bridgehead atoms. The van der Waals surface area contributed by atoms with Crippen molar-refractivity contribution in [2.45, 2.75) is 20.1 Å². The molecule has 0 saturated heterocycles. The van der Waals surface area contributed by atoms with Gasteiger partial charge in [0.25, 0.3) is 0 Å². The summed E-state index contributed by atoms with van der Waals surface area (Å²) < 4.78 is 16.6. The molecule has 0 spiro atoms. The second kappa shape index (κ2) is 12.6. The van der Waals surface area contributed by atoms with Crippen LogP contribution < -0.4 is 14.8 Å². The highest BCUT2D eigenvalue weighted by Gasteiger charge is 2.14. The minimum absolute atomic E-state index is 0. The van der Waals surface area contributed by atoms with E-state index in [2.05, 4.69) is 5.32 Å². The molecular formula is C19H23Cl4NO3. The van der Waals surface area contributed by atoms with E-state index in [1.54, 1.807) is 19.2 Å². The Labute approximate surface area is 181 Å². The Hall–Kier alpha value is -0.880. The van der Waals surface area contributed by atoms with Crippen molar-refractivity contribution in [2.75, 3.05) is 26.9 Å². The smallest absolute Gasteiger partial charge is 0.180 e. The Morgan fingerprint density at radius 2 is 1.78 bits per heavy atom. The van der Waals surface area contributed by atoms with Gasteiger partial charge >= 0.3 is 0 Å². The van der Waals surface area contributed by atoms with Crippen molar-refractivity contribution in [1.29, 1.82) is 0 Å². The number of halogens is 4. The predicted molar refractivity (Wildman–Crippen MR) is 114 cm³/mol.